The summed E-state index contributed by atoms with van der Waals surface area (Å²) in [6.07, 6.45) is 7.07. The number of rotatable bonds is 12. The van der Waals surface area contributed by atoms with Gasteiger partial charge < -0.3 is 10.1 Å². The third-order valence-electron chi connectivity index (χ3n) is 4.92. The van der Waals surface area contributed by atoms with Gasteiger partial charge in [-0.25, -0.2) is 9.13 Å². The van der Waals surface area contributed by atoms with E-state index in [2.05, 4.69) is 52.1 Å². The van der Waals surface area contributed by atoms with Gasteiger partial charge in [-0.05, 0) is 58.2 Å². The Morgan fingerprint density at radius 2 is 1.93 bits per heavy atom. The zero-order valence-corrected chi connectivity index (χ0v) is 16.7. The summed E-state index contributed by atoms with van der Waals surface area (Å²) in [5, 5.41) is 2.91. The van der Waals surface area contributed by atoms with Gasteiger partial charge in [-0.15, -0.1) is 0 Å². The average molecular weight is 375 g/mol. The number of esters is 1. The minimum Gasteiger partial charge on any atom is -0.466 e. The number of Topliss-reactive ketones (excluding diaryl/α,β-unsaturated/α-hetero) is 1. The Balaban J connectivity index is 1.57. The number of para-hydroxylation sites is 2. The molecular formula is C21H32N3O3+. The van der Waals surface area contributed by atoms with Gasteiger partial charge in [0.05, 0.1) is 26.2 Å². The summed E-state index contributed by atoms with van der Waals surface area (Å²) >= 11 is 0. The van der Waals surface area contributed by atoms with E-state index in [1.807, 2.05) is 0 Å². The molecule has 1 aromatic heterocycles. The van der Waals surface area contributed by atoms with Gasteiger partial charge in [0.1, 0.15) is 5.78 Å². The van der Waals surface area contributed by atoms with Gasteiger partial charge in [-0.1, -0.05) is 12.1 Å². The van der Waals surface area contributed by atoms with Gasteiger partial charge in [0.2, 0.25) is 6.33 Å². The molecule has 0 aliphatic rings. The molecule has 148 valence electrons. The van der Waals surface area contributed by atoms with E-state index in [0.29, 0.717) is 13.0 Å². The van der Waals surface area contributed by atoms with E-state index in [9.17, 15) is 9.59 Å². The minimum absolute atomic E-state index is 0.0503. The van der Waals surface area contributed by atoms with Crippen LogP contribution in [0.5, 0.6) is 0 Å². The summed E-state index contributed by atoms with van der Waals surface area (Å²) in [7, 11) is 3.80. The third kappa shape index (κ3) is 6.47. The van der Waals surface area contributed by atoms with Crippen LogP contribution in [-0.4, -0.2) is 36.0 Å². The van der Waals surface area contributed by atoms with Crippen molar-refractivity contribution < 1.29 is 18.9 Å². The fraction of sp³-hybridized carbons (Fsp3) is 0.571. The summed E-state index contributed by atoms with van der Waals surface area (Å²) in [4.78, 5) is 23.0. The number of nitrogens with zero attached hydrogens (tertiary/aromatic N) is 2. The van der Waals surface area contributed by atoms with Crippen LogP contribution in [0.1, 0.15) is 45.4 Å². The van der Waals surface area contributed by atoms with Gasteiger partial charge in [0.15, 0.2) is 11.0 Å². The summed E-state index contributed by atoms with van der Waals surface area (Å²) in [6.45, 7) is 2.99. The van der Waals surface area contributed by atoms with Crippen molar-refractivity contribution >= 4 is 22.8 Å². The number of carbonyl (C=O) groups is 2. The molecule has 0 bridgehead atoms. The highest BCUT2D eigenvalue weighted by atomic mass is 16.5. The molecule has 27 heavy (non-hydrogen) atoms. The maximum atomic E-state index is 11.7. The zero-order chi connectivity index (χ0) is 19.6. The number of aromatic nitrogens is 2. The quantitative estimate of drug-likeness (QED) is 0.352. The maximum Gasteiger partial charge on any atom is 0.305 e. The second-order valence-electron chi connectivity index (χ2n) is 7.03. The van der Waals surface area contributed by atoms with Crippen LogP contribution >= 0.6 is 0 Å². The Bertz CT molecular complexity index is 754. The molecule has 6 heteroatoms. The number of nitrogens with one attached hydrogen (secondary N) is 1. The van der Waals surface area contributed by atoms with Gasteiger partial charge >= 0.3 is 5.97 Å². The molecule has 1 N–H and O–H groups in total. The van der Waals surface area contributed by atoms with Crippen molar-refractivity contribution in [1.29, 1.82) is 0 Å². The molecule has 0 saturated heterocycles. The molecule has 6 nitrogen and oxygen atoms in total. The first kappa shape index (κ1) is 21.1. The van der Waals surface area contributed by atoms with Gasteiger partial charge in [0.25, 0.3) is 0 Å². The summed E-state index contributed by atoms with van der Waals surface area (Å²) in [5.41, 5.74) is 2.51. The van der Waals surface area contributed by atoms with E-state index in [4.69, 9.17) is 4.74 Å². The number of likely N-dealkylation sites (N-methyl/N-ethyl adjacent to an activating group) is 1. The first-order valence-corrected chi connectivity index (χ1v) is 9.79. The highest BCUT2D eigenvalue weighted by Gasteiger charge is 2.14. The Morgan fingerprint density at radius 3 is 2.67 bits per heavy atom. The maximum absolute atomic E-state index is 11.7. The van der Waals surface area contributed by atoms with Crippen molar-refractivity contribution in [2.24, 2.45) is 7.05 Å². The molecule has 0 aliphatic carbocycles. The van der Waals surface area contributed by atoms with Crippen LogP contribution in [0.25, 0.3) is 11.0 Å². The number of aryl methyl sites for hydroxylation is 2. The fourth-order valence-corrected chi connectivity index (χ4v) is 3.33. The topological polar surface area (TPSA) is 64.2 Å². The van der Waals surface area contributed by atoms with E-state index in [0.717, 1.165) is 32.2 Å². The van der Waals surface area contributed by atoms with Crippen LogP contribution in [0.4, 0.5) is 0 Å². The number of unbranched alkanes of at least 4 members (excludes halogenated alkanes) is 3. The number of benzene rings is 1. The highest BCUT2D eigenvalue weighted by Crippen LogP contribution is 2.12. The first-order valence-electron chi connectivity index (χ1n) is 9.79. The SMILES string of the molecule is CN[C@@H](CCC(=O)OCCCCCCn1c[n+](C)c2ccccc21)C(C)=O. The molecular weight excluding hydrogens is 342 g/mol. The number of hydrogen-bond acceptors (Lipinski definition) is 4. The lowest BCUT2D eigenvalue weighted by atomic mass is 10.1. The van der Waals surface area contributed by atoms with E-state index in [1.54, 1.807) is 7.05 Å². The van der Waals surface area contributed by atoms with Gasteiger partial charge in [0, 0.05) is 6.42 Å². The van der Waals surface area contributed by atoms with Crippen LogP contribution in [0, 0.1) is 0 Å². The highest BCUT2D eigenvalue weighted by molar-refractivity contribution is 5.82. The van der Waals surface area contributed by atoms with Crippen LogP contribution in [0.15, 0.2) is 30.6 Å². The number of fused-ring (bicyclic) bond motifs is 1. The number of ether oxygens (including phenoxy) is 1. The van der Waals surface area contributed by atoms with E-state index >= 15 is 0 Å². The monoisotopic (exact) mass is 374 g/mol. The molecule has 0 aliphatic heterocycles. The standard InChI is InChI=1S/C21H32N3O3/c1-17(25)18(22-2)12-13-21(26)27-15-9-5-4-8-14-24-16-23(3)19-10-6-7-11-20(19)24/h6-7,10-11,16,18,22H,4-5,8-9,12-15H2,1-3H3/q+1/t18-/m0/s1. The van der Waals surface area contributed by atoms with Crippen LogP contribution in [0.3, 0.4) is 0 Å². The fourth-order valence-electron chi connectivity index (χ4n) is 3.33. The van der Waals surface area contributed by atoms with Crippen LogP contribution in [0.2, 0.25) is 0 Å². The zero-order valence-electron chi connectivity index (χ0n) is 16.7. The second kappa shape index (κ2) is 10.8. The number of carbonyl (C=O) groups excluding carboxylic acids is 2. The van der Waals surface area contributed by atoms with Crippen molar-refractivity contribution in [2.45, 2.75) is 58.0 Å². The minimum atomic E-state index is -0.260. The van der Waals surface area contributed by atoms with Crippen LogP contribution < -0.4 is 9.88 Å². The number of ketones is 1. The normalized spacial score (nSPS) is 12.3. The lowest BCUT2D eigenvalue weighted by Gasteiger charge is -2.11. The lowest BCUT2D eigenvalue weighted by Crippen LogP contribution is -2.32. The summed E-state index contributed by atoms with van der Waals surface area (Å²) in [6, 6.07) is 8.16. The largest absolute Gasteiger partial charge is 0.466 e. The molecule has 1 heterocycles. The van der Waals surface area contributed by atoms with Crippen molar-refractivity contribution in [1.82, 2.24) is 9.88 Å². The Labute approximate surface area is 161 Å². The molecule has 0 radical (unpaired) electrons. The first-order chi connectivity index (χ1) is 13.0. The van der Waals surface area contributed by atoms with Gasteiger partial charge in [-0.2, -0.15) is 0 Å². The van der Waals surface area contributed by atoms with Crippen molar-refractivity contribution in [3.05, 3.63) is 30.6 Å². The smallest absolute Gasteiger partial charge is 0.305 e. The second-order valence-corrected chi connectivity index (χ2v) is 7.03. The predicted molar refractivity (Wildman–Crippen MR) is 105 cm³/mol. The molecule has 0 unspecified atom stereocenters. The summed E-state index contributed by atoms with van der Waals surface area (Å²) < 4.78 is 9.70. The molecule has 1 aromatic carbocycles. The van der Waals surface area contributed by atoms with Crippen molar-refractivity contribution in [2.75, 3.05) is 13.7 Å². The third-order valence-corrected chi connectivity index (χ3v) is 4.92. The summed E-state index contributed by atoms with van der Waals surface area (Å²) in [5.74, 6) is -0.169. The molecule has 0 amide bonds. The Morgan fingerprint density at radius 1 is 1.19 bits per heavy atom. The number of imidazole rings is 1. The van der Waals surface area contributed by atoms with E-state index in [1.165, 1.54) is 18.0 Å². The Hall–Kier alpha value is -2.21. The van der Waals surface area contributed by atoms with E-state index < -0.39 is 0 Å². The van der Waals surface area contributed by atoms with Gasteiger partial charge in [-0.3, -0.25) is 9.59 Å². The average Bonchev–Trinajstić information content (AvgIpc) is 2.97. The van der Waals surface area contributed by atoms with Crippen molar-refractivity contribution in [3.63, 3.8) is 0 Å². The lowest BCUT2D eigenvalue weighted by molar-refractivity contribution is -0.645. The molecule has 1 atom stereocenters. The predicted octanol–water partition coefficient (Wildman–Crippen LogP) is 2.53. The molecule has 0 spiro atoms. The van der Waals surface area contributed by atoms with Crippen molar-refractivity contribution in [3.8, 4) is 0 Å². The Kier molecular flexibility index (Phi) is 8.45. The number of hydrogen-bond donors (Lipinski definition) is 1. The van der Waals surface area contributed by atoms with E-state index in [-0.39, 0.29) is 24.2 Å². The molecule has 2 rings (SSSR count). The van der Waals surface area contributed by atoms with Crippen LogP contribution in [-0.2, 0) is 27.9 Å². The molecule has 0 fully saturated rings. The molecule has 2 aromatic rings. The molecule has 0 saturated carbocycles.